The van der Waals surface area contributed by atoms with Crippen LogP contribution in [0.4, 0.5) is 4.39 Å². The molecule has 0 saturated carbocycles. The third-order valence-electron chi connectivity index (χ3n) is 6.05. The van der Waals surface area contributed by atoms with E-state index in [4.69, 9.17) is 19.0 Å². The number of halogens is 1. The lowest BCUT2D eigenvalue weighted by atomic mass is 10.1. The molecule has 38 heavy (non-hydrogen) atoms. The Labute approximate surface area is 219 Å². The number of aryl methyl sites for hydroxylation is 1. The highest BCUT2D eigenvalue weighted by Gasteiger charge is 2.26. The van der Waals surface area contributed by atoms with E-state index in [1.807, 2.05) is 42.5 Å². The third-order valence-corrected chi connectivity index (χ3v) is 6.05. The summed E-state index contributed by atoms with van der Waals surface area (Å²) in [6.45, 7) is 0.290. The number of nitrogens with zero attached hydrogens (tertiary/aromatic N) is 3. The van der Waals surface area contributed by atoms with Crippen molar-refractivity contribution in [1.29, 1.82) is 0 Å². The second-order valence-electron chi connectivity index (χ2n) is 8.63. The van der Waals surface area contributed by atoms with Crippen molar-refractivity contribution >= 4 is 5.91 Å². The molecule has 0 atom stereocenters. The van der Waals surface area contributed by atoms with Gasteiger partial charge in [-0.3, -0.25) is 4.79 Å². The molecule has 2 heterocycles. The minimum absolute atomic E-state index is 0.124. The molecule has 2 aromatic heterocycles. The van der Waals surface area contributed by atoms with Crippen LogP contribution in [-0.2, 0) is 20.1 Å². The normalized spacial score (nSPS) is 10.8. The van der Waals surface area contributed by atoms with Gasteiger partial charge < -0.3 is 18.8 Å². The molecule has 7 nitrogen and oxygen atoms in total. The van der Waals surface area contributed by atoms with Crippen molar-refractivity contribution in [3.8, 4) is 28.6 Å². The van der Waals surface area contributed by atoms with Crippen molar-refractivity contribution in [2.45, 2.75) is 13.1 Å². The van der Waals surface area contributed by atoms with Gasteiger partial charge in [-0.25, -0.2) is 9.07 Å². The summed E-state index contributed by atoms with van der Waals surface area (Å²) in [6.07, 6.45) is 1.55. The summed E-state index contributed by atoms with van der Waals surface area (Å²) >= 11 is 0. The van der Waals surface area contributed by atoms with Crippen LogP contribution in [0.1, 0.15) is 21.7 Å². The van der Waals surface area contributed by atoms with Gasteiger partial charge in [-0.15, -0.1) is 0 Å². The molecule has 192 valence electrons. The SMILES string of the molecule is COc1ccccc1Oc1c(CN(Cc2ccco2)C(=O)c2cccc(F)c2)c(-c2ccccc2)nn1C. The van der Waals surface area contributed by atoms with Gasteiger partial charge in [0.15, 0.2) is 11.5 Å². The zero-order valence-electron chi connectivity index (χ0n) is 21.0. The number of rotatable bonds is 9. The Morgan fingerprint density at radius 3 is 2.42 bits per heavy atom. The number of hydrogen-bond donors (Lipinski definition) is 0. The van der Waals surface area contributed by atoms with Gasteiger partial charge in [0.05, 0.1) is 32.0 Å². The number of para-hydroxylation sites is 2. The molecule has 0 aliphatic heterocycles. The van der Waals surface area contributed by atoms with Crippen molar-refractivity contribution in [2.24, 2.45) is 7.05 Å². The molecular formula is C30H26FN3O4. The molecule has 0 saturated heterocycles. The first kappa shape index (κ1) is 24.8. The fourth-order valence-electron chi connectivity index (χ4n) is 4.24. The third kappa shape index (κ3) is 5.29. The van der Waals surface area contributed by atoms with Crippen LogP contribution in [0.5, 0.6) is 17.4 Å². The standard InChI is InChI=1S/C30H26FN3O4/c1-33-30(38-27-16-7-6-15-26(27)36-2)25(28(32-33)21-10-4-3-5-11-21)20-34(19-24-14-9-17-37-24)29(35)22-12-8-13-23(31)18-22/h3-18H,19-20H2,1-2H3. The Morgan fingerprint density at radius 1 is 0.947 bits per heavy atom. The van der Waals surface area contributed by atoms with Crippen LogP contribution in [0.15, 0.2) is 102 Å². The Hall–Kier alpha value is -4.85. The van der Waals surface area contributed by atoms with Crippen LogP contribution in [0, 0.1) is 5.82 Å². The lowest BCUT2D eigenvalue weighted by Crippen LogP contribution is -2.30. The minimum atomic E-state index is -0.486. The predicted molar refractivity (Wildman–Crippen MR) is 140 cm³/mol. The van der Waals surface area contributed by atoms with Crippen molar-refractivity contribution in [3.05, 3.63) is 120 Å². The summed E-state index contributed by atoms with van der Waals surface area (Å²) in [5, 5.41) is 4.76. The van der Waals surface area contributed by atoms with Gasteiger partial charge in [-0.05, 0) is 42.5 Å². The van der Waals surface area contributed by atoms with E-state index < -0.39 is 5.82 Å². The summed E-state index contributed by atoms with van der Waals surface area (Å²) in [6, 6.07) is 26.2. The highest BCUT2D eigenvalue weighted by molar-refractivity contribution is 5.94. The Morgan fingerprint density at radius 2 is 1.71 bits per heavy atom. The molecule has 0 unspecified atom stereocenters. The van der Waals surface area contributed by atoms with Crippen LogP contribution in [-0.4, -0.2) is 27.7 Å². The Balaban J connectivity index is 1.60. The zero-order valence-corrected chi connectivity index (χ0v) is 21.0. The fourth-order valence-corrected chi connectivity index (χ4v) is 4.24. The lowest BCUT2D eigenvalue weighted by molar-refractivity contribution is 0.0716. The monoisotopic (exact) mass is 511 g/mol. The number of carbonyl (C=O) groups is 1. The van der Waals surface area contributed by atoms with Gasteiger partial charge >= 0.3 is 0 Å². The van der Waals surface area contributed by atoms with E-state index in [1.54, 1.807) is 60.3 Å². The Kier molecular flexibility index (Phi) is 7.21. The van der Waals surface area contributed by atoms with Crippen molar-refractivity contribution in [3.63, 3.8) is 0 Å². The number of amides is 1. The lowest BCUT2D eigenvalue weighted by Gasteiger charge is -2.23. The Bertz CT molecular complexity index is 1530. The molecular weight excluding hydrogens is 485 g/mol. The number of aromatic nitrogens is 2. The maximum atomic E-state index is 14.0. The summed E-state index contributed by atoms with van der Waals surface area (Å²) in [5.74, 6) is 1.27. The maximum Gasteiger partial charge on any atom is 0.254 e. The smallest absolute Gasteiger partial charge is 0.254 e. The number of furan rings is 1. The number of methoxy groups -OCH3 is 1. The number of benzene rings is 3. The molecule has 0 aliphatic rings. The van der Waals surface area contributed by atoms with Gasteiger partial charge in [-0.1, -0.05) is 48.5 Å². The molecule has 0 bridgehead atoms. The number of ether oxygens (including phenoxy) is 2. The first-order chi connectivity index (χ1) is 18.5. The van der Waals surface area contributed by atoms with E-state index in [1.165, 1.54) is 18.2 Å². The molecule has 8 heteroatoms. The quantitative estimate of drug-likeness (QED) is 0.227. The van der Waals surface area contributed by atoms with Gasteiger partial charge in [0.2, 0.25) is 5.88 Å². The summed E-state index contributed by atoms with van der Waals surface area (Å²) < 4.78 is 33.1. The van der Waals surface area contributed by atoms with Gasteiger partial charge in [0.25, 0.3) is 5.91 Å². The summed E-state index contributed by atoms with van der Waals surface area (Å²) in [7, 11) is 3.36. The average molecular weight is 512 g/mol. The van der Waals surface area contributed by atoms with Gasteiger partial charge in [0.1, 0.15) is 17.3 Å². The van der Waals surface area contributed by atoms with E-state index in [-0.39, 0.29) is 24.6 Å². The summed E-state index contributed by atoms with van der Waals surface area (Å²) in [4.78, 5) is 15.3. The van der Waals surface area contributed by atoms with Gasteiger partial charge in [-0.2, -0.15) is 5.10 Å². The second kappa shape index (κ2) is 11.0. The van der Waals surface area contributed by atoms with Crippen LogP contribution < -0.4 is 9.47 Å². The predicted octanol–water partition coefficient (Wildman–Crippen LogP) is 6.46. The molecule has 5 aromatic rings. The van der Waals surface area contributed by atoms with Gasteiger partial charge in [0, 0.05) is 18.2 Å². The first-order valence-electron chi connectivity index (χ1n) is 12.0. The minimum Gasteiger partial charge on any atom is -0.493 e. The molecule has 0 fully saturated rings. The molecule has 0 aliphatic carbocycles. The van der Waals surface area contributed by atoms with E-state index in [9.17, 15) is 9.18 Å². The molecule has 0 spiro atoms. The summed E-state index contributed by atoms with van der Waals surface area (Å²) in [5.41, 5.74) is 2.44. The fraction of sp³-hybridized carbons (Fsp3) is 0.133. The van der Waals surface area contributed by atoms with E-state index in [0.29, 0.717) is 34.4 Å². The van der Waals surface area contributed by atoms with E-state index in [2.05, 4.69) is 0 Å². The molecule has 5 rings (SSSR count). The highest BCUT2D eigenvalue weighted by atomic mass is 19.1. The van der Waals surface area contributed by atoms with Crippen molar-refractivity contribution < 1.29 is 23.1 Å². The van der Waals surface area contributed by atoms with Crippen molar-refractivity contribution in [2.75, 3.05) is 7.11 Å². The molecule has 0 radical (unpaired) electrons. The van der Waals surface area contributed by atoms with E-state index in [0.717, 1.165) is 5.56 Å². The largest absolute Gasteiger partial charge is 0.493 e. The average Bonchev–Trinajstić information content (AvgIpc) is 3.57. The molecule has 3 aromatic carbocycles. The molecule has 1 amide bonds. The van der Waals surface area contributed by atoms with Crippen LogP contribution in [0.2, 0.25) is 0 Å². The number of hydrogen-bond acceptors (Lipinski definition) is 5. The van der Waals surface area contributed by atoms with Crippen LogP contribution in [0.3, 0.4) is 0 Å². The molecule has 0 N–H and O–H groups in total. The highest BCUT2D eigenvalue weighted by Crippen LogP contribution is 2.37. The second-order valence-corrected chi connectivity index (χ2v) is 8.63. The first-order valence-corrected chi connectivity index (χ1v) is 12.0. The maximum absolute atomic E-state index is 14.0. The number of carbonyl (C=O) groups excluding carboxylic acids is 1. The zero-order chi connectivity index (χ0) is 26.5. The van der Waals surface area contributed by atoms with Crippen molar-refractivity contribution in [1.82, 2.24) is 14.7 Å². The topological polar surface area (TPSA) is 69.7 Å². The van der Waals surface area contributed by atoms with E-state index >= 15 is 0 Å². The van der Waals surface area contributed by atoms with Crippen LogP contribution >= 0.6 is 0 Å². The van der Waals surface area contributed by atoms with Crippen LogP contribution in [0.25, 0.3) is 11.3 Å².